The van der Waals surface area contributed by atoms with E-state index in [1.165, 1.54) is 16.7 Å². The molecule has 0 bridgehead atoms. The van der Waals surface area contributed by atoms with Gasteiger partial charge in [-0.25, -0.2) is 0 Å². The fourth-order valence-electron chi connectivity index (χ4n) is 4.02. The average Bonchev–Trinajstić information content (AvgIpc) is 2.72. The molecule has 27 heavy (non-hydrogen) atoms. The highest BCUT2D eigenvalue weighted by Gasteiger charge is 2.47. The van der Waals surface area contributed by atoms with E-state index in [1.54, 1.807) is 7.11 Å². The summed E-state index contributed by atoms with van der Waals surface area (Å²) in [4.78, 5) is 0. The molecule has 0 aliphatic carbocycles. The molecule has 2 heterocycles. The van der Waals surface area contributed by atoms with Crippen LogP contribution in [0, 0.1) is 6.92 Å². The van der Waals surface area contributed by atoms with Gasteiger partial charge >= 0.3 is 0 Å². The largest absolute Gasteiger partial charge is 0.497 e. The number of hydrogen-bond donors (Lipinski definition) is 0. The lowest BCUT2D eigenvalue weighted by Gasteiger charge is -2.43. The summed E-state index contributed by atoms with van der Waals surface area (Å²) in [5, 5.41) is 0. The number of fused-ring (bicyclic) bond motifs is 4. The normalized spacial score (nSPS) is 19.9. The van der Waals surface area contributed by atoms with Crippen molar-refractivity contribution in [2.75, 3.05) is 7.11 Å². The van der Waals surface area contributed by atoms with Crippen LogP contribution in [0.1, 0.15) is 27.8 Å². The quantitative estimate of drug-likeness (QED) is 0.622. The lowest BCUT2D eigenvalue weighted by Crippen LogP contribution is -2.42. The first-order valence-corrected chi connectivity index (χ1v) is 9.09. The van der Waals surface area contributed by atoms with Crippen LogP contribution in [-0.4, -0.2) is 7.11 Å². The minimum absolute atomic E-state index is 0.503. The summed E-state index contributed by atoms with van der Waals surface area (Å²) in [7, 11) is 1.67. The van der Waals surface area contributed by atoms with Crippen molar-refractivity contribution in [3.63, 3.8) is 0 Å². The number of hydrogen-bond acceptors (Lipinski definition) is 3. The van der Waals surface area contributed by atoms with Crippen LogP contribution in [0.25, 0.3) is 11.6 Å². The first-order chi connectivity index (χ1) is 13.2. The highest BCUT2D eigenvalue weighted by molar-refractivity contribution is 5.92. The Hall–Kier alpha value is -3.04. The molecule has 0 radical (unpaired) electrons. The molecule has 0 saturated heterocycles. The van der Waals surface area contributed by atoms with Crippen LogP contribution in [-0.2, 0) is 17.1 Å². The Kier molecular flexibility index (Phi) is 3.59. The van der Waals surface area contributed by atoms with E-state index in [9.17, 15) is 0 Å². The van der Waals surface area contributed by atoms with Gasteiger partial charge < -0.3 is 14.2 Å². The topological polar surface area (TPSA) is 27.7 Å². The zero-order chi connectivity index (χ0) is 18.4. The van der Waals surface area contributed by atoms with Gasteiger partial charge in [0.15, 0.2) is 0 Å². The van der Waals surface area contributed by atoms with Crippen molar-refractivity contribution in [2.24, 2.45) is 0 Å². The van der Waals surface area contributed by atoms with Crippen molar-refractivity contribution in [2.45, 2.75) is 19.3 Å². The summed E-state index contributed by atoms with van der Waals surface area (Å²) in [5.41, 5.74) is 6.70. The first kappa shape index (κ1) is 16.2. The summed E-state index contributed by atoms with van der Waals surface area (Å²) >= 11 is 0. The molecule has 0 saturated carbocycles. The summed E-state index contributed by atoms with van der Waals surface area (Å²) in [6.45, 7) is 2.65. The number of rotatable bonds is 2. The molecule has 2 aliphatic rings. The number of benzene rings is 3. The molecule has 2 aliphatic heterocycles. The third-order valence-electron chi connectivity index (χ3n) is 5.36. The van der Waals surface area contributed by atoms with Gasteiger partial charge in [0.2, 0.25) is 0 Å². The van der Waals surface area contributed by atoms with Crippen LogP contribution in [0.3, 0.4) is 0 Å². The summed E-state index contributed by atoms with van der Waals surface area (Å²) < 4.78 is 18.3. The lowest BCUT2D eigenvalue weighted by molar-refractivity contribution is -0.160. The Labute approximate surface area is 158 Å². The Morgan fingerprint density at radius 2 is 1.74 bits per heavy atom. The highest BCUT2D eigenvalue weighted by Crippen LogP contribution is 2.51. The van der Waals surface area contributed by atoms with E-state index < -0.39 is 5.79 Å². The van der Waals surface area contributed by atoms with Crippen LogP contribution in [0.15, 0.2) is 66.7 Å². The molecular weight excluding hydrogens is 336 g/mol. The van der Waals surface area contributed by atoms with E-state index in [0.29, 0.717) is 6.61 Å². The zero-order valence-corrected chi connectivity index (χ0v) is 15.4. The van der Waals surface area contributed by atoms with Gasteiger partial charge in [0.25, 0.3) is 5.79 Å². The second-order valence-corrected chi connectivity index (χ2v) is 6.94. The second kappa shape index (κ2) is 6.00. The van der Waals surface area contributed by atoms with Gasteiger partial charge in [-0.05, 0) is 60.0 Å². The lowest BCUT2D eigenvalue weighted by atomic mass is 9.82. The third kappa shape index (κ3) is 2.39. The third-order valence-corrected chi connectivity index (χ3v) is 5.36. The van der Waals surface area contributed by atoms with Crippen LogP contribution in [0.4, 0.5) is 0 Å². The number of para-hydroxylation sites is 1. The summed E-state index contributed by atoms with van der Waals surface area (Å²) in [6, 6.07) is 22.4. The molecule has 0 N–H and O–H groups in total. The SMILES string of the molecule is COc1ccc(C23OCc4cccc(C)c4C2=Cc2ccccc2O3)cc1. The fraction of sp³-hybridized carbons (Fsp3) is 0.167. The zero-order valence-electron chi connectivity index (χ0n) is 15.4. The molecule has 3 aromatic rings. The van der Waals surface area contributed by atoms with E-state index in [0.717, 1.165) is 28.2 Å². The maximum atomic E-state index is 6.56. The van der Waals surface area contributed by atoms with Crippen LogP contribution in [0.5, 0.6) is 11.5 Å². The minimum atomic E-state index is -0.959. The minimum Gasteiger partial charge on any atom is -0.497 e. The van der Waals surface area contributed by atoms with E-state index >= 15 is 0 Å². The predicted molar refractivity (Wildman–Crippen MR) is 106 cm³/mol. The molecule has 1 atom stereocenters. The number of aryl methyl sites for hydroxylation is 1. The Morgan fingerprint density at radius 3 is 2.56 bits per heavy atom. The maximum Gasteiger partial charge on any atom is 0.265 e. The molecule has 0 amide bonds. The molecule has 0 aromatic heterocycles. The van der Waals surface area contributed by atoms with Crippen molar-refractivity contribution in [1.82, 2.24) is 0 Å². The summed E-state index contributed by atoms with van der Waals surface area (Å²) in [5.74, 6) is 0.679. The van der Waals surface area contributed by atoms with Gasteiger partial charge in [0, 0.05) is 16.7 Å². The molecule has 3 heteroatoms. The van der Waals surface area contributed by atoms with Crippen molar-refractivity contribution in [3.05, 3.63) is 94.5 Å². The smallest absolute Gasteiger partial charge is 0.265 e. The van der Waals surface area contributed by atoms with Crippen molar-refractivity contribution < 1.29 is 14.2 Å². The standard InChI is InChI=1S/C24H20O3/c1-16-6-5-8-18-15-26-24(19-10-12-20(25-2)13-11-19)21(23(16)18)14-17-7-3-4-9-22(17)27-24/h3-14H,15H2,1-2H3. The van der Waals surface area contributed by atoms with Crippen molar-refractivity contribution in [3.8, 4) is 11.5 Å². The maximum absolute atomic E-state index is 6.56. The molecule has 0 spiro atoms. The monoisotopic (exact) mass is 356 g/mol. The second-order valence-electron chi connectivity index (χ2n) is 6.94. The Bertz CT molecular complexity index is 1050. The van der Waals surface area contributed by atoms with E-state index in [4.69, 9.17) is 14.2 Å². The van der Waals surface area contributed by atoms with Crippen molar-refractivity contribution >= 4 is 11.6 Å². The summed E-state index contributed by atoms with van der Waals surface area (Å²) in [6.07, 6.45) is 2.20. The Morgan fingerprint density at radius 1 is 0.926 bits per heavy atom. The first-order valence-electron chi connectivity index (χ1n) is 9.09. The fourth-order valence-corrected chi connectivity index (χ4v) is 4.02. The van der Waals surface area contributed by atoms with Gasteiger partial charge in [0.1, 0.15) is 11.5 Å². The van der Waals surface area contributed by atoms with E-state index in [-0.39, 0.29) is 0 Å². The van der Waals surface area contributed by atoms with Gasteiger partial charge in [-0.15, -0.1) is 0 Å². The van der Waals surface area contributed by atoms with E-state index in [2.05, 4.69) is 37.3 Å². The molecule has 5 rings (SSSR count). The highest BCUT2D eigenvalue weighted by atomic mass is 16.7. The van der Waals surface area contributed by atoms with Crippen LogP contribution >= 0.6 is 0 Å². The average molecular weight is 356 g/mol. The van der Waals surface area contributed by atoms with Gasteiger partial charge in [-0.1, -0.05) is 36.4 Å². The number of ether oxygens (including phenoxy) is 3. The van der Waals surface area contributed by atoms with Crippen molar-refractivity contribution in [1.29, 1.82) is 0 Å². The van der Waals surface area contributed by atoms with Crippen LogP contribution < -0.4 is 9.47 Å². The molecular formula is C24H20O3. The predicted octanol–water partition coefficient (Wildman–Crippen LogP) is 5.32. The van der Waals surface area contributed by atoms with Gasteiger partial charge in [-0.3, -0.25) is 0 Å². The van der Waals surface area contributed by atoms with Gasteiger partial charge in [0.05, 0.1) is 13.7 Å². The molecule has 134 valence electrons. The van der Waals surface area contributed by atoms with Crippen LogP contribution in [0.2, 0.25) is 0 Å². The van der Waals surface area contributed by atoms with Gasteiger partial charge in [-0.2, -0.15) is 0 Å². The molecule has 3 nitrogen and oxygen atoms in total. The number of methoxy groups -OCH3 is 1. The molecule has 0 fully saturated rings. The van der Waals surface area contributed by atoms with E-state index in [1.807, 2.05) is 42.5 Å². The molecule has 1 unspecified atom stereocenters. The molecule has 3 aromatic carbocycles. The Balaban J connectivity index is 1.77.